The average Bonchev–Trinajstić information content (AvgIpc) is 2.13. The van der Waals surface area contributed by atoms with Crippen molar-refractivity contribution in [2.24, 2.45) is 0 Å². The van der Waals surface area contributed by atoms with Crippen LogP contribution in [0.2, 0.25) is 0 Å². The van der Waals surface area contributed by atoms with Crippen molar-refractivity contribution >= 4 is 0 Å². The standard InChI is InChI=1S/C6H2F12O/c7-1-2(8,9)3(10,11)5(15,16)19-6(17,18)4(12,13)14/h1H2. The SMILES string of the molecule is FCC(F)(F)C(F)(F)C(F)(F)OC(F)(F)C(F)(F)F. The average molecular weight is 318 g/mol. The number of hydrogen-bond acceptors (Lipinski definition) is 1. The lowest BCUT2D eigenvalue weighted by molar-refractivity contribution is -0.500. The minimum Gasteiger partial charge on any atom is -0.244 e. The molecule has 0 aromatic rings. The quantitative estimate of drug-likeness (QED) is 0.697. The van der Waals surface area contributed by atoms with Gasteiger partial charge >= 0.3 is 30.2 Å². The molecule has 0 saturated carbocycles. The molecule has 0 amide bonds. The van der Waals surface area contributed by atoms with E-state index in [2.05, 4.69) is 0 Å². The van der Waals surface area contributed by atoms with Crippen molar-refractivity contribution in [1.29, 1.82) is 0 Å². The molecule has 0 aliphatic carbocycles. The first-order chi connectivity index (χ1) is 8.02. The van der Waals surface area contributed by atoms with E-state index in [0.29, 0.717) is 0 Å². The maximum atomic E-state index is 12.3. The first kappa shape index (κ1) is 18.1. The molecular weight excluding hydrogens is 316 g/mol. The highest BCUT2D eigenvalue weighted by Crippen LogP contribution is 2.50. The Hall–Kier alpha value is -0.880. The second-order valence-electron chi connectivity index (χ2n) is 3.05. The molecule has 0 aromatic heterocycles. The number of halogens is 12. The van der Waals surface area contributed by atoms with Crippen LogP contribution in [0.5, 0.6) is 0 Å². The van der Waals surface area contributed by atoms with Crippen molar-refractivity contribution in [3.05, 3.63) is 0 Å². The van der Waals surface area contributed by atoms with E-state index in [1.54, 1.807) is 0 Å². The molecule has 0 aliphatic heterocycles. The maximum Gasteiger partial charge on any atom is 0.483 e. The van der Waals surface area contributed by atoms with Crippen LogP contribution in [-0.2, 0) is 4.74 Å². The van der Waals surface area contributed by atoms with Crippen LogP contribution >= 0.6 is 0 Å². The first-order valence-corrected chi connectivity index (χ1v) is 3.86. The first-order valence-electron chi connectivity index (χ1n) is 3.86. The summed E-state index contributed by atoms with van der Waals surface area (Å²) in [5, 5.41) is 0. The van der Waals surface area contributed by atoms with Gasteiger partial charge in [0.05, 0.1) is 0 Å². The Labute approximate surface area is 95.7 Å². The second-order valence-corrected chi connectivity index (χ2v) is 3.05. The van der Waals surface area contributed by atoms with Crippen molar-refractivity contribution in [1.82, 2.24) is 0 Å². The van der Waals surface area contributed by atoms with Crippen LogP contribution in [0.4, 0.5) is 52.7 Å². The van der Waals surface area contributed by atoms with Crippen LogP contribution in [0, 0.1) is 0 Å². The summed E-state index contributed by atoms with van der Waals surface area (Å²) in [5.74, 6) is -13.1. The Morgan fingerprint density at radius 3 is 1.26 bits per heavy atom. The zero-order valence-electron chi connectivity index (χ0n) is 8.15. The summed E-state index contributed by atoms with van der Waals surface area (Å²) in [6, 6.07) is 0. The van der Waals surface area contributed by atoms with Crippen LogP contribution in [0.15, 0.2) is 0 Å². The van der Waals surface area contributed by atoms with Gasteiger partial charge in [-0.25, -0.2) is 9.13 Å². The highest BCUT2D eigenvalue weighted by Gasteiger charge is 2.77. The minimum atomic E-state index is -6.97. The molecule has 0 rings (SSSR count). The molecule has 13 heteroatoms. The Kier molecular flexibility index (Phi) is 4.38. The normalized spacial score (nSPS) is 15.8. The van der Waals surface area contributed by atoms with E-state index in [0.717, 1.165) is 0 Å². The van der Waals surface area contributed by atoms with E-state index in [9.17, 15) is 52.7 Å². The van der Waals surface area contributed by atoms with E-state index in [1.165, 1.54) is 4.74 Å². The molecule has 19 heavy (non-hydrogen) atoms. The van der Waals surface area contributed by atoms with Gasteiger partial charge in [-0.1, -0.05) is 0 Å². The van der Waals surface area contributed by atoms with Crippen LogP contribution in [-0.4, -0.2) is 36.9 Å². The van der Waals surface area contributed by atoms with Crippen LogP contribution < -0.4 is 0 Å². The summed E-state index contributed by atoms with van der Waals surface area (Å²) >= 11 is 0. The molecule has 0 aliphatic rings. The van der Waals surface area contributed by atoms with Crippen LogP contribution in [0.1, 0.15) is 0 Å². The molecule has 1 nitrogen and oxygen atoms in total. The summed E-state index contributed by atoms with van der Waals surface area (Å²) in [6.45, 7) is -3.43. The minimum absolute atomic E-state index is 1.45. The summed E-state index contributed by atoms with van der Waals surface area (Å²) in [6.07, 6.45) is -20.7. The van der Waals surface area contributed by atoms with Gasteiger partial charge in [0.25, 0.3) is 0 Å². The Bertz CT molecular complexity index is 317. The van der Waals surface area contributed by atoms with E-state index < -0.39 is 36.9 Å². The molecule has 116 valence electrons. The van der Waals surface area contributed by atoms with Gasteiger partial charge in [-0.05, 0) is 0 Å². The van der Waals surface area contributed by atoms with Crippen molar-refractivity contribution in [2.75, 3.05) is 6.67 Å². The van der Waals surface area contributed by atoms with Gasteiger partial charge in [0, 0.05) is 0 Å². The van der Waals surface area contributed by atoms with Crippen molar-refractivity contribution in [2.45, 2.75) is 30.2 Å². The number of alkyl halides is 12. The summed E-state index contributed by atoms with van der Waals surface area (Å²) in [5.41, 5.74) is 0. The monoisotopic (exact) mass is 318 g/mol. The molecule has 0 radical (unpaired) electrons. The highest BCUT2D eigenvalue weighted by molar-refractivity contribution is 4.92. The van der Waals surface area contributed by atoms with E-state index in [-0.39, 0.29) is 0 Å². The van der Waals surface area contributed by atoms with Gasteiger partial charge in [-0.3, -0.25) is 0 Å². The van der Waals surface area contributed by atoms with E-state index >= 15 is 0 Å². The van der Waals surface area contributed by atoms with Gasteiger partial charge in [0.1, 0.15) is 0 Å². The number of hydrogen-bond donors (Lipinski definition) is 0. The van der Waals surface area contributed by atoms with Crippen molar-refractivity contribution in [3.63, 3.8) is 0 Å². The molecule has 0 spiro atoms. The zero-order chi connectivity index (χ0) is 15.9. The van der Waals surface area contributed by atoms with Crippen molar-refractivity contribution in [3.8, 4) is 0 Å². The van der Waals surface area contributed by atoms with Crippen molar-refractivity contribution < 1.29 is 57.4 Å². The lowest BCUT2D eigenvalue weighted by atomic mass is 10.1. The largest absolute Gasteiger partial charge is 0.483 e. The molecule has 0 bridgehead atoms. The predicted octanol–water partition coefficient (Wildman–Crippen LogP) is 3.99. The number of ether oxygens (including phenoxy) is 1. The Balaban J connectivity index is 5.42. The third-order valence-corrected chi connectivity index (χ3v) is 1.58. The van der Waals surface area contributed by atoms with Gasteiger partial charge in [-0.15, -0.1) is 0 Å². The zero-order valence-corrected chi connectivity index (χ0v) is 8.15. The Morgan fingerprint density at radius 1 is 0.632 bits per heavy atom. The lowest BCUT2D eigenvalue weighted by Gasteiger charge is -2.33. The van der Waals surface area contributed by atoms with E-state index in [1.807, 2.05) is 0 Å². The fourth-order valence-corrected chi connectivity index (χ4v) is 0.580. The molecule has 0 aromatic carbocycles. The van der Waals surface area contributed by atoms with E-state index in [4.69, 9.17) is 0 Å². The molecule has 0 fully saturated rings. The number of rotatable bonds is 5. The molecule has 0 unspecified atom stereocenters. The van der Waals surface area contributed by atoms with Gasteiger partial charge in [0.15, 0.2) is 6.67 Å². The maximum absolute atomic E-state index is 12.3. The molecule has 0 atom stereocenters. The molecule has 0 N–H and O–H groups in total. The lowest BCUT2D eigenvalue weighted by Crippen LogP contribution is -2.60. The summed E-state index contributed by atoms with van der Waals surface area (Å²) < 4.78 is 144. The third kappa shape index (κ3) is 3.17. The van der Waals surface area contributed by atoms with Gasteiger partial charge in [-0.2, -0.15) is 48.3 Å². The smallest absolute Gasteiger partial charge is 0.244 e. The molecule has 0 saturated heterocycles. The highest BCUT2D eigenvalue weighted by atomic mass is 19.4. The fourth-order valence-electron chi connectivity index (χ4n) is 0.580. The Morgan fingerprint density at radius 2 is 1.00 bits per heavy atom. The summed E-state index contributed by atoms with van der Waals surface area (Å²) in [7, 11) is 0. The van der Waals surface area contributed by atoms with Gasteiger partial charge < -0.3 is 0 Å². The second kappa shape index (κ2) is 4.59. The third-order valence-electron chi connectivity index (χ3n) is 1.58. The molecule has 0 heterocycles. The van der Waals surface area contributed by atoms with Gasteiger partial charge in [0.2, 0.25) is 0 Å². The predicted molar refractivity (Wildman–Crippen MR) is 32.9 cm³/mol. The van der Waals surface area contributed by atoms with Crippen LogP contribution in [0.3, 0.4) is 0 Å². The summed E-state index contributed by atoms with van der Waals surface area (Å²) in [4.78, 5) is 0. The molecular formula is C6H2F12O. The fraction of sp³-hybridized carbons (Fsp3) is 1.00. The van der Waals surface area contributed by atoms with Crippen LogP contribution in [0.25, 0.3) is 0 Å². The topological polar surface area (TPSA) is 9.23 Å².